The molecule has 8 heteroatoms. The molecule has 2 rings (SSSR count). The molecule has 1 aromatic heterocycles. The van der Waals surface area contributed by atoms with Crippen LogP contribution < -0.4 is 15.5 Å². The van der Waals surface area contributed by atoms with Crippen LogP contribution in [0.1, 0.15) is 32.3 Å². The van der Waals surface area contributed by atoms with Crippen molar-refractivity contribution in [2.24, 2.45) is 4.99 Å². The molecule has 0 unspecified atom stereocenters. The molecule has 1 aliphatic heterocycles. The quantitative estimate of drug-likeness (QED) is 0.221. The number of guanidine groups is 1. The standard InChI is InChI=1S/C20H36N6O.HI/c1-4-21-20(22-10-6-7-15-27-5-2)24-17-18-8-9-19(23-16-18)26-13-11-25(3)12-14-26;/h8-9,16H,4-7,10-15,17H2,1-3H3,(H2,21,22,24);1H. The van der Waals surface area contributed by atoms with Crippen molar-refractivity contribution in [3.05, 3.63) is 23.9 Å². The van der Waals surface area contributed by atoms with Gasteiger partial charge in [-0.15, -0.1) is 24.0 Å². The number of piperazine rings is 1. The van der Waals surface area contributed by atoms with Gasteiger partial charge in [0, 0.05) is 58.7 Å². The lowest BCUT2D eigenvalue weighted by atomic mass is 10.2. The van der Waals surface area contributed by atoms with Crippen LogP contribution in [-0.2, 0) is 11.3 Å². The first-order chi connectivity index (χ1) is 13.2. The van der Waals surface area contributed by atoms with Gasteiger partial charge < -0.3 is 25.2 Å². The molecule has 160 valence electrons. The average Bonchev–Trinajstić information content (AvgIpc) is 2.70. The lowest BCUT2D eigenvalue weighted by molar-refractivity contribution is 0.143. The number of hydrogen-bond donors (Lipinski definition) is 2. The van der Waals surface area contributed by atoms with E-state index in [1.54, 1.807) is 0 Å². The molecule has 28 heavy (non-hydrogen) atoms. The fourth-order valence-electron chi connectivity index (χ4n) is 2.93. The second-order valence-corrected chi connectivity index (χ2v) is 6.84. The molecule has 0 amide bonds. The van der Waals surface area contributed by atoms with Gasteiger partial charge in [-0.05, 0) is 45.4 Å². The first-order valence-corrected chi connectivity index (χ1v) is 10.2. The van der Waals surface area contributed by atoms with E-state index in [-0.39, 0.29) is 24.0 Å². The molecule has 1 saturated heterocycles. The van der Waals surface area contributed by atoms with Gasteiger partial charge in [0.05, 0.1) is 6.54 Å². The van der Waals surface area contributed by atoms with Crippen LogP contribution in [0.25, 0.3) is 0 Å². The van der Waals surface area contributed by atoms with Gasteiger partial charge in [-0.1, -0.05) is 6.07 Å². The maximum Gasteiger partial charge on any atom is 0.191 e. The molecular weight excluding hydrogens is 467 g/mol. The summed E-state index contributed by atoms with van der Waals surface area (Å²) in [6.07, 6.45) is 4.09. The van der Waals surface area contributed by atoms with Crippen LogP contribution in [-0.4, -0.2) is 75.4 Å². The number of nitrogens with one attached hydrogen (secondary N) is 2. The maximum absolute atomic E-state index is 5.37. The highest BCUT2D eigenvalue weighted by atomic mass is 127. The predicted molar refractivity (Wildman–Crippen MR) is 128 cm³/mol. The highest BCUT2D eigenvalue weighted by Gasteiger charge is 2.14. The summed E-state index contributed by atoms with van der Waals surface area (Å²) >= 11 is 0. The number of nitrogens with zero attached hydrogens (tertiary/aromatic N) is 4. The second-order valence-electron chi connectivity index (χ2n) is 6.84. The van der Waals surface area contributed by atoms with Crippen molar-refractivity contribution in [2.45, 2.75) is 33.2 Å². The van der Waals surface area contributed by atoms with Crippen molar-refractivity contribution >= 4 is 35.8 Å². The van der Waals surface area contributed by atoms with E-state index in [2.05, 4.69) is 56.5 Å². The van der Waals surface area contributed by atoms with E-state index >= 15 is 0 Å². The Bertz CT molecular complexity index is 546. The molecule has 2 N–H and O–H groups in total. The van der Waals surface area contributed by atoms with Crippen molar-refractivity contribution in [1.82, 2.24) is 20.5 Å². The Kier molecular flexibility index (Phi) is 13.2. The molecule has 1 aliphatic rings. The zero-order chi connectivity index (χ0) is 19.3. The van der Waals surface area contributed by atoms with Gasteiger partial charge >= 0.3 is 0 Å². The molecule has 0 aromatic carbocycles. The lowest BCUT2D eigenvalue weighted by Crippen LogP contribution is -2.44. The van der Waals surface area contributed by atoms with E-state index in [0.717, 1.165) is 82.7 Å². The molecule has 1 fully saturated rings. The molecule has 2 heterocycles. The number of aliphatic imine (C=N–C) groups is 1. The number of aromatic nitrogens is 1. The van der Waals surface area contributed by atoms with Crippen LogP contribution in [0, 0.1) is 0 Å². The topological polar surface area (TPSA) is 65.0 Å². The largest absolute Gasteiger partial charge is 0.382 e. The lowest BCUT2D eigenvalue weighted by Gasteiger charge is -2.33. The highest BCUT2D eigenvalue weighted by Crippen LogP contribution is 2.14. The Labute approximate surface area is 187 Å². The summed E-state index contributed by atoms with van der Waals surface area (Å²) in [6, 6.07) is 4.25. The van der Waals surface area contributed by atoms with Gasteiger partial charge in [0.2, 0.25) is 0 Å². The molecule has 7 nitrogen and oxygen atoms in total. The first-order valence-electron chi connectivity index (χ1n) is 10.2. The average molecular weight is 504 g/mol. The molecule has 0 spiro atoms. The van der Waals surface area contributed by atoms with Gasteiger partial charge in [-0.25, -0.2) is 9.98 Å². The van der Waals surface area contributed by atoms with Crippen LogP contribution in [0.3, 0.4) is 0 Å². The van der Waals surface area contributed by atoms with Gasteiger partial charge in [0.25, 0.3) is 0 Å². The highest BCUT2D eigenvalue weighted by molar-refractivity contribution is 14.0. The van der Waals surface area contributed by atoms with Crippen molar-refractivity contribution in [3.63, 3.8) is 0 Å². The van der Waals surface area contributed by atoms with Gasteiger partial charge in [-0.3, -0.25) is 0 Å². The van der Waals surface area contributed by atoms with Crippen LogP contribution in [0.4, 0.5) is 5.82 Å². The summed E-state index contributed by atoms with van der Waals surface area (Å²) in [5, 5.41) is 6.68. The van der Waals surface area contributed by atoms with E-state index in [0.29, 0.717) is 6.54 Å². The van der Waals surface area contributed by atoms with Crippen molar-refractivity contribution in [3.8, 4) is 0 Å². The summed E-state index contributed by atoms with van der Waals surface area (Å²) < 4.78 is 5.37. The molecule has 0 bridgehead atoms. The Morgan fingerprint density at radius 1 is 1.14 bits per heavy atom. The Hall–Kier alpha value is -1.13. The van der Waals surface area contributed by atoms with Crippen LogP contribution in [0.15, 0.2) is 23.3 Å². The minimum atomic E-state index is 0. The SMILES string of the molecule is CCNC(=NCc1ccc(N2CCN(C)CC2)nc1)NCCCCOCC.I. The number of halogens is 1. The van der Waals surface area contributed by atoms with Gasteiger partial charge in [-0.2, -0.15) is 0 Å². The normalized spacial score (nSPS) is 15.2. The number of unbranched alkanes of at least 4 members (excludes halogenated alkanes) is 1. The molecule has 0 aliphatic carbocycles. The third-order valence-electron chi connectivity index (χ3n) is 4.61. The predicted octanol–water partition coefficient (Wildman–Crippen LogP) is 2.32. The van der Waals surface area contributed by atoms with E-state index in [4.69, 9.17) is 4.74 Å². The monoisotopic (exact) mass is 504 g/mol. The Morgan fingerprint density at radius 2 is 1.93 bits per heavy atom. The van der Waals surface area contributed by atoms with Crippen LogP contribution in [0.5, 0.6) is 0 Å². The number of likely N-dealkylation sites (N-methyl/N-ethyl adjacent to an activating group) is 1. The fraction of sp³-hybridized carbons (Fsp3) is 0.700. The number of rotatable bonds is 10. The fourth-order valence-corrected chi connectivity index (χ4v) is 2.93. The van der Waals surface area contributed by atoms with E-state index in [1.165, 1.54) is 0 Å². The number of pyridine rings is 1. The van der Waals surface area contributed by atoms with E-state index < -0.39 is 0 Å². The van der Waals surface area contributed by atoms with Crippen LogP contribution >= 0.6 is 24.0 Å². The van der Waals surface area contributed by atoms with Gasteiger partial charge in [0.1, 0.15) is 5.82 Å². The second kappa shape index (κ2) is 14.8. The summed E-state index contributed by atoms with van der Waals surface area (Å²) in [5.74, 6) is 1.92. The van der Waals surface area contributed by atoms with Gasteiger partial charge in [0.15, 0.2) is 5.96 Å². The van der Waals surface area contributed by atoms with E-state index in [9.17, 15) is 0 Å². The summed E-state index contributed by atoms with van der Waals surface area (Å²) in [7, 11) is 2.17. The van der Waals surface area contributed by atoms with Crippen molar-refractivity contribution in [2.75, 3.05) is 64.4 Å². The zero-order valence-electron chi connectivity index (χ0n) is 17.6. The zero-order valence-corrected chi connectivity index (χ0v) is 19.9. The minimum absolute atomic E-state index is 0. The van der Waals surface area contributed by atoms with E-state index in [1.807, 2.05) is 13.1 Å². The molecule has 1 aromatic rings. The number of anilines is 1. The first kappa shape index (κ1) is 24.9. The maximum atomic E-state index is 5.37. The minimum Gasteiger partial charge on any atom is -0.382 e. The van der Waals surface area contributed by atoms with Crippen LogP contribution in [0.2, 0.25) is 0 Å². The molecule has 0 radical (unpaired) electrons. The van der Waals surface area contributed by atoms with Crippen molar-refractivity contribution < 1.29 is 4.74 Å². The summed E-state index contributed by atoms with van der Waals surface area (Å²) in [6.45, 7) is 12.4. The molecule has 0 saturated carbocycles. The smallest absolute Gasteiger partial charge is 0.191 e. The summed E-state index contributed by atoms with van der Waals surface area (Å²) in [5.41, 5.74) is 1.13. The molecule has 0 atom stereocenters. The number of hydrogen-bond acceptors (Lipinski definition) is 5. The Morgan fingerprint density at radius 3 is 2.57 bits per heavy atom. The third-order valence-corrected chi connectivity index (χ3v) is 4.61. The molecular formula is C20H37IN6O. The number of ether oxygens (including phenoxy) is 1. The summed E-state index contributed by atoms with van der Waals surface area (Å²) in [4.78, 5) is 14.0. The Balaban J connectivity index is 0.00000392. The third kappa shape index (κ3) is 9.38. The van der Waals surface area contributed by atoms with Crippen molar-refractivity contribution in [1.29, 1.82) is 0 Å².